The van der Waals surface area contributed by atoms with Gasteiger partial charge in [0.25, 0.3) is 0 Å². The quantitative estimate of drug-likeness (QED) is 0.314. The third-order valence-electron chi connectivity index (χ3n) is 6.25. The number of benzene rings is 3. The maximum atomic E-state index is 4.99. The summed E-state index contributed by atoms with van der Waals surface area (Å²) in [4.78, 5) is 14.3. The average Bonchev–Trinajstić information content (AvgIpc) is 3.42. The fourth-order valence-corrected chi connectivity index (χ4v) is 4.83. The molecule has 3 aromatic carbocycles. The second kappa shape index (κ2) is 7.39. The summed E-state index contributed by atoms with van der Waals surface area (Å²) in [5.41, 5.74) is 5.14. The van der Waals surface area contributed by atoms with Gasteiger partial charge in [-0.15, -0.1) is 0 Å². The zero-order valence-corrected chi connectivity index (χ0v) is 18.2. The van der Waals surface area contributed by atoms with Gasteiger partial charge in [-0.3, -0.25) is 9.13 Å². The van der Waals surface area contributed by atoms with Crippen LogP contribution in [0.3, 0.4) is 0 Å². The van der Waals surface area contributed by atoms with Crippen LogP contribution in [0.25, 0.3) is 55.9 Å². The van der Waals surface area contributed by atoms with Gasteiger partial charge in [0.05, 0.1) is 5.52 Å². The fourth-order valence-electron chi connectivity index (χ4n) is 4.83. The molecule has 0 saturated carbocycles. The minimum Gasteiger partial charge on any atom is -0.295 e. The molecule has 0 spiro atoms. The van der Waals surface area contributed by atoms with Crippen LogP contribution in [0.1, 0.15) is 0 Å². The van der Waals surface area contributed by atoms with E-state index >= 15 is 0 Å². The van der Waals surface area contributed by atoms with Crippen molar-refractivity contribution >= 4 is 33.0 Å². The van der Waals surface area contributed by atoms with Crippen LogP contribution in [0.5, 0.6) is 0 Å². The molecule has 160 valence electrons. The summed E-state index contributed by atoms with van der Waals surface area (Å²) >= 11 is 0. The van der Waals surface area contributed by atoms with Gasteiger partial charge in [0, 0.05) is 39.8 Å². The van der Waals surface area contributed by atoms with Crippen molar-refractivity contribution in [2.75, 3.05) is 0 Å². The Kier molecular flexibility index (Phi) is 4.08. The topological polar surface area (TPSA) is 48.5 Å². The highest BCUT2D eigenvalue weighted by Crippen LogP contribution is 2.39. The number of pyridine rings is 1. The molecule has 7 aromatic rings. The molecule has 5 heteroatoms. The Morgan fingerprint density at radius 2 is 1.29 bits per heavy atom. The molecule has 34 heavy (non-hydrogen) atoms. The van der Waals surface area contributed by atoms with E-state index in [0.29, 0.717) is 5.82 Å². The number of hydrogen-bond donors (Lipinski definition) is 0. The molecular formula is C29H19N5. The first-order valence-electron chi connectivity index (χ1n) is 11.2. The molecule has 0 saturated heterocycles. The highest BCUT2D eigenvalue weighted by molar-refractivity contribution is 6.21. The van der Waals surface area contributed by atoms with Crippen LogP contribution in [0.4, 0.5) is 0 Å². The molecule has 0 N–H and O–H groups in total. The third-order valence-corrected chi connectivity index (χ3v) is 6.25. The lowest BCUT2D eigenvalue weighted by molar-refractivity contribution is 0.990. The van der Waals surface area contributed by atoms with Gasteiger partial charge in [-0.2, -0.15) is 0 Å². The molecule has 0 fully saturated rings. The van der Waals surface area contributed by atoms with Crippen molar-refractivity contribution in [2.45, 2.75) is 0 Å². The molecule has 0 aliphatic carbocycles. The van der Waals surface area contributed by atoms with E-state index in [1.807, 2.05) is 60.9 Å². The van der Waals surface area contributed by atoms with Gasteiger partial charge in [0.2, 0.25) is 0 Å². The standard InChI is InChI=1S/C29H19N5/c1-3-10-20(11-4-1)27-30-19-17-25(32-27)34-28-23(15-9-18-31-28)26-22-14-7-8-16-24(22)33(29(26)34)21-12-5-2-6-13-21/h1-19H. The van der Waals surface area contributed by atoms with Crippen molar-refractivity contribution in [1.82, 2.24) is 24.1 Å². The molecular weight excluding hydrogens is 418 g/mol. The number of para-hydroxylation sites is 2. The summed E-state index contributed by atoms with van der Waals surface area (Å²) in [6, 6.07) is 35.1. The minimum absolute atomic E-state index is 0.686. The van der Waals surface area contributed by atoms with Crippen molar-refractivity contribution in [3.63, 3.8) is 0 Å². The van der Waals surface area contributed by atoms with Crippen LogP contribution in [-0.4, -0.2) is 24.1 Å². The van der Waals surface area contributed by atoms with Crippen molar-refractivity contribution in [3.8, 4) is 22.9 Å². The Balaban J connectivity index is 1.65. The number of rotatable bonds is 3. The molecule has 0 amide bonds. The van der Waals surface area contributed by atoms with Gasteiger partial charge in [0.1, 0.15) is 17.1 Å². The van der Waals surface area contributed by atoms with Gasteiger partial charge in [-0.1, -0.05) is 66.7 Å². The normalized spacial score (nSPS) is 11.5. The smallest absolute Gasteiger partial charge is 0.161 e. The number of fused-ring (bicyclic) bond motifs is 5. The molecule has 0 atom stereocenters. The lowest BCUT2D eigenvalue weighted by atomic mass is 10.1. The van der Waals surface area contributed by atoms with E-state index in [9.17, 15) is 0 Å². The Bertz CT molecular complexity index is 1800. The zero-order valence-electron chi connectivity index (χ0n) is 18.2. The average molecular weight is 438 g/mol. The molecule has 0 aliphatic rings. The van der Waals surface area contributed by atoms with Crippen molar-refractivity contribution < 1.29 is 0 Å². The number of nitrogens with zero attached hydrogens (tertiary/aromatic N) is 5. The monoisotopic (exact) mass is 437 g/mol. The van der Waals surface area contributed by atoms with Crippen LogP contribution < -0.4 is 0 Å². The van der Waals surface area contributed by atoms with Gasteiger partial charge < -0.3 is 0 Å². The lowest BCUT2D eigenvalue weighted by Crippen LogP contribution is -2.05. The van der Waals surface area contributed by atoms with E-state index < -0.39 is 0 Å². The molecule has 0 bridgehead atoms. The van der Waals surface area contributed by atoms with E-state index in [2.05, 4.69) is 68.7 Å². The van der Waals surface area contributed by atoms with Crippen molar-refractivity contribution in [2.24, 2.45) is 0 Å². The van der Waals surface area contributed by atoms with Gasteiger partial charge >= 0.3 is 0 Å². The first-order valence-corrected chi connectivity index (χ1v) is 11.2. The summed E-state index contributed by atoms with van der Waals surface area (Å²) in [6.45, 7) is 0. The summed E-state index contributed by atoms with van der Waals surface area (Å²) < 4.78 is 4.46. The molecule has 0 unspecified atom stereocenters. The molecule has 5 nitrogen and oxygen atoms in total. The zero-order chi connectivity index (χ0) is 22.5. The van der Waals surface area contributed by atoms with Crippen LogP contribution in [0, 0.1) is 0 Å². The molecule has 7 rings (SSSR count). The summed E-state index contributed by atoms with van der Waals surface area (Å²) in [5, 5.41) is 3.46. The van der Waals surface area contributed by atoms with E-state index in [1.54, 1.807) is 0 Å². The molecule has 4 heterocycles. The summed E-state index contributed by atoms with van der Waals surface area (Å²) in [6.07, 6.45) is 3.66. The maximum Gasteiger partial charge on any atom is 0.161 e. The van der Waals surface area contributed by atoms with Gasteiger partial charge in [-0.25, -0.2) is 15.0 Å². The van der Waals surface area contributed by atoms with Crippen LogP contribution >= 0.6 is 0 Å². The summed E-state index contributed by atoms with van der Waals surface area (Å²) in [7, 11) is 0. The van der Waals surface area contributed by atoms with E-state index in [0.717, 1.165) is 39.3 Å². The number of aromatic nitrogens is 5. The molecule has 0 radical (unpaired) electrons. The first-order chi connectivity index (χ1) is 16.9. The second-order valence-electron chi connectivity index (χ2n) is 8.20. The third kappa shape index (κ3) is 2.70. The van der Waals surface area contributed by atoms with E-state index in [1.165, 1.54) is 10.8 Å². The second-order valence-corrected chi connectivity index (χ2v) is 8.20. The maximum absolute atomic E-state index is 4.99. The number of hydrogen-bond acceptors (Lipinski definition) is 3. The lowest BCUT2D eigenvalue weighted by Gasteiger charge is -2.12. The highest BCUT2D eigenvalue weighted by Gasteiger charge is 2.23. The largest absolute Gasteiger partial charge is 0.295 e. The Hall–Kier alpha value is -4.77. The predicted octanol–water partition coefficient (Wildman–Crippen LogP) is 6.58. The summed E-state index contributed by atoms with van der Waals surface area (Å²) in [5.74, 6) is 1.47. The minimum atomic E-state index is 0.686. The SMILES string of the molecule is c1ccc(-c2nccc(-n3c4ncccc4c4c5ccccc5n(-c5ccccc5)c43)n2)cc1. The van der Waals surface area contributed by atoms with Crippen molar-refractivity contribution in [1.29, 1.82) is 0 Å². The van der Waals surface area contributed by atoms with Crippen LogP contribution in [0.2, 0.25) is 0 Å². The van der Waals surface area contributed by atoms with E-state index in [-0.39, 0.29) is 0 Å². The Labute approximate surface area is 195 Å². The van der Waals surface area contributed by atoms with Gasteiger partial charge in [0.15, 0.2) is 5.82 Å². The van der Waals surface area contributed by atoms with Crippen LogP contribution in [-0.2, 0) is 0 Å². The van der Waals surface area contributed by atoms with Crippen molar-refractivity contribution in [3.05, 3.63) is 116 Å². The van der Waals surface area contributed by atoms with Crippen LogP contribution in [0.15, 0.2) is 116 Å². The highest BCUT2D eigenvalue weighted by atomic mass is 15.2. The fraction of sp³-hybridized carbons (Fsp3) is 0. The van der Waals surface area contributed by atoms with E-state index in [4.69, 9.17) is 9.97 Å². The predicted molar refractivity (Wildman–Crippen MR) is 136 cm³/mol. The molecule has 0 aliphatic heterocycles. The Morgan fingerprint density at radius 1 is 0.559 bits per heavy atom. The Morgan fingerprint density at radius 3 is 2.15 bits per heavy atom. The molecule has 4 aromatic heterocycles. The first kappa shape index (κ1) is 18.8. The van der Waals surface area contributed by atoms with Gasteiger partial charge in [-0.05, 0) is 36.4 Å².